The number of nitrogens with zero attached hydrogens (tertiary/aromatic N) is 2. The molecule has 128 valence electrons. The highest BCUT2D eigenvalue weighted by Crippen LogP contribution is 2.27. The molecule has 1 aromatic heterocycles. The molecule has 1 atom stereocenters. The van der Waals surface area contributed by atoms with Crippen LogP contribution in [-0.4, -0.2) is 29.6 Å². The second kappa shape index (κ2) is 6.86. The maximum absolute atomic E-state index is 14.1. The summed E-state index contributed by atoms with van der Waals surface area (Å²) in [6.07, 6.45) is 3.27. The van der Waals surface area contributed by atoms with Crippen LogP contribution in [0.15, 0.2) is 54.9 Å². The fraction of sp³-hybridized carbons (Fsp3) is 0.250. The summed E-state index contributed by atoms with van der Waals surface area (Å²) < 4.78 is 32.9. The van der Waals surface area contributed by atoms with E-state index >= 15 is 0 Å². The molecular weight excluding hydrogens is 322 g/mol. The predicted molar refractivity (Wildman–Crippen MR) is 92.1 cm³/mol. The number of morpholine rings is 1. The topological polar surface area (TPSA) is 25.4 Å². The van der Waals surface area contributed by atoms with E-state index in [9.17, 15) is 8.78 Å². The zero-order valence-electron chi connectivity index (χ0n) is 13.7. The van der Waals surface area contributed by atoms with Crippen molar-refractivity contribution >= 4 is 10.8 Å². The molecule has 4 rings (SSSR count). The minimum absolute atomic E-state index is 0.383. The van der Waals surface area contributed by atoms with Crippen LogP contribution in [0.25, 0.3) is 10.8 Å². The van der Waals surface area contributed by atoms with Crippen molar-refractivity contribution in [3.05, 3.63) is 77.6 Å². The average Bonchev–Trinajstić information content (AvgIpc) is 2.62. The summed E-state index contributed by atoms with van der Waals surface area (Å²) in [6, 6.07) is 11.8. The number of halogens is 2. The molecule has 1 unspecified atom stereocenters. The molecule has 0 radical (unpaired) electrons. The Labute approximate surface area is 144 Å². The van der Waals surface area contributed by atoms with Crippen molar-refractivity contribution in [3.63, 3.8) is 0 Å². The molecule has 5 heteroatoms. The van der Waals surface area contributed by atoms with Crippen molar-refractivity contribution in [3.8, 4) is 0 Å². The minimum atomic E-state index is -0.571. The molecule has 2 heterocycles. The standard InChI is InChI=1S/C20H18F2N2O/c21-16-4-5-18(19(22)10-16)20-13-24(8-9-25-20)12-15-3-1-2-14-11-23-7-6-17(14)15/h1-7,10-11,20H,8-9,12-13H2. The lowest BCUT2D eigenvalue weighted by Gasteiger charge is -2.33. The SMILES string of the molecule is Fc1ccc(C2CN(Cc3cccc4cnccc34)CCO2)c(F)c1. The molecular formula is C20H18F2N2O. The molecule has 1 fully saturated rings. The minimum Gasteiger partial charge on any atom is -0.371 e. The molecule has 3 nitrogen and oxygen atoms in total. The quantitative estimate of drug-likeness (QED) is 0.718. The lowest BCUT2D eigenvalue weighted by Crippen LogP contribution is -2.38. The molecule has 0 N–H and O–H groups in total. The summed E-state index contributed by atoms with van der Waals surface area (Å²) in [5.41, 5.74) is 1.62. The third-order valence-electron chi connectivity index (χ3n) is 4.62. The first-order valence-electron chi connectivity index (χ1n) is 8.31. The second-order valence-corrected chi connectivity index (χ2v) is 6.27. The number of hydrogen-bond donors (Lipinski definition) is 0. The summed E-state index contributed by atoms with van der Waals surface area (Å²) in [4.78, 5) is 6.41. The monoisotopic (exact) mass is 340 g/mol. The molecule has 1 aliphatic rings. The molecule has 0 spiro atoms. The van der Waals surface area contributed by atoms with Crippen molar-refractivity contribution in [1.82, 2.24) is 9.88 Å². The van der Waals surface area contributed by atoms with Gasteiger partial charge in [-0.25, -0.2) is 8.78 Å². The van der Waals surface area contributed by atoms with Crippen LogP contribution in [0.5, 0.6) is 0 Å². The van der Waals surface area contributed by atoms with Crippen molar-refractivity contribution in [2.24, 2.45) is 0 Å². The Morgan fingerprint density at radius 3 is 2.96 bits per heavy atom. The maximum Gasteiger partial charge on any atom is 0.131 e. The van der Waals surface area contributed by atoms with Crippen LogP contribution in [-0.2, 0) is 11.3 Å². The first-order chi connectivity index (χ1) is 12.2. The van der Waals surface area contributed by atoms with Gasteiger partial charge in [0, 0.05) is 49.0 Å². The second-order valence-electron chi connectivity index (χ2n) is 6.27. The fourth-order valence-corrected chi connectivity index (χ4v) is 3.37. The van der Waals surface area contributed by atoms with Gasteiger partial charge in [0.1, 0.15) is 11.6 Å². The van der Waals surface area contributed by atoms with Gasteiger partial charge in [-0.15, -0.1) is 0 Å². The summed E-state index contributed by atoms with van der Waals surface area (Å²) in [5.74, 6) is -1.12. The van der Waals surface area contributed by atoms with Gasteiger partial charge in [0.25, 0.3) is 0 Å². The van der Waals surface area contributed by atoms with Crippen LogP contribution in [0, 0.1) is 11.6 Å². The number of ether oxygens (including phenoxy) is 1. The fourth-order valence-electron chi connectivity index (χ4n) is 3.37. The Kier molecular flexibility index (Phi) is 4.42. The van der Waals surface area contributed by atoms with E-state index in [0.717, 1.165) is 24.5 Å². The lowest BCUT2D eigenvalue weighted by molar-refractivity contribution is -0.0344. The van der Waals surface area contributed by atoms with Gasteiger partial charge in [-0.05, 0) is 23.1 Å². The van der Waals surface area contributed by atoms with Crippen LogP contribution < -0.4 is 0 Å². The highest BCUT2D eigenvalue weighted by Gasteiger charge is 2.25. The van der Waals surface area contributed by atoms with E-state index in [1.807, 2.05) is 24.4 Å². The first-order valence-corrected chi connectivity index (χ1v) is 8.31. The number of hydrogen-bond acceptors (Lipinski definition) is 3. The summed E-state index contributed by atoms with van der Waals surface area (Å²) >= 11 is 0. The molecule has 0 amide bonds. The molecule has 1 aliphatic heterocycles. The van der Waals surface area contributed by atoms with Gasteiger partial charge in [-0.2, -0.15) is 0 Å². The van der Waals surface area contributed by atoms with E-state index in [-0.39, 0.29) is 6.10 Å². The number of fused-ring (bicyclic) bond motifs is 1. The van der Waals surface area contributed by atoms with E-state index in [1.165, 1.54) is 23.1 Å². The summed E-state index contributed by atoms with van der Waals surface area (Å²) in [6.45, 7) is 2.63. The Balaban J connectivity index is 1.55. The molecule has 3 aromatic rings. The Bertz CT molecular complexity index is 895. The van der Waals surface area contributed by atoms with Crippen LogP contribution in [0.4, 0.5) is 8.78 Å². The predicted octanol–water partition coefficient (Wildman–Crippen LogP) is 4.09. The van der Waals surface area contributed by atoms with E-state index in [2.05, 4.69) is 16.0 Å². The number of pyridine rings is 1. The van der Waals surface area contributed by atoms with Crippen LogP contribution >= 0.6 is 0 Å². The third-order valence-corrected chi connectivity index (χ3v) is 4.62. The maximum atomic E-state index is 14.1. The van der Waals surface area contributed by atoms with Gasteiger partial charge in [-0.1, -0.05) is 24.3 Å². The number of rotatable bonds is 3. The van der Waals surface area contributed by atoms with Crippen LogP contribution in [0.1, 0.15) is 17.2 Å². The Morgan fingerprint density at radius 1 is 1.16 bits per heavy atom. The van der Waals surface area contributed by atoms with Crippen LogP contribution in [0.2, 0.25) is 0 Å². The largest absolute Gasteiger partial charge is 0.371 e. The van der Waals surface area contributed by atoms with E-state index < -0.39 is 11.6 Å². The van der Waals surface area contributed by atoms with Crippen molar-refractivity contribution < 1.29 is 13.5 Å². The summed E-state index contributed by atoms with van der Waals surface area (Å²) in [5, 5.41) is 2.28. The number of aromatic nitrogens is 1. The number of benzene rings is 2. The van der Waals surface area contributed by atoms with Gasteiger partial charge in [-0.3, -0.25) is 9.88 Å². The zero-order valence-corrected chi connectivity index (χ0v) is 13.7. The Hall–Kier alpha value is -2.37. The van der Waals surface area contributed by atoms with Crippen LogP contribution in [0.3, 0.4) is 0 Å². The van der Waals surface area contributed by atoms with Gasteiger partial charge in [0.05, 0.1) is 12.7 Å². The first kappa shape index (κ1) is 16.1. The average molecular weight is 340 g/mol. The van der Waals surface area contributed by atoms with Gasteiger partial charge in [0.2, 0.25) is 0 Å². The van der Waals surface area contributed by atoms with E-state index in [4.69, 9.17) is 4.74 Å². The smallest absolute Gasteiger partial charge is 0.131 e. The van der Waals surface area contributed by atoms with Gasteiger partial charge in [0.15, 0.2) is 0 Å². The molecule has 0 aliphatic carbocycles. The Morgan fingerprint density at radius 2 is 2.08 bits per heavy atom. The van der Waals surface area contributed by atoms with Crippen molar-refractivity contribution in [2.75, 3.05) is 19.7 Å². The molecule has 0 bridgehead atoms. The van der Waals surface area contributed by atoms with E-state index in [0.29, 0.717) is 18.7 Å². The highest BCUT2D eigenvalue weighted by molar-refractivity contribution is 5.84. The van der Waals surface area contributed by atoms with Gasteiger partial charge < -0.3 is 4.74 Å². The van der Waals surface area contributed by atoms with E-state index in [1.54, 1.807) is 6.20 Å². The molecule has 1 saturated heterocycles. The highest BCUT2D eigenvalue weighted by atomic mass is 19.1. The normalized spacial score (nSPS) is 18.6. The lowest BCUT2D eigenvalue weighted by atomic mass is 10.0. The third kappa shape index (κ3) is 3.38. The molecule has 25 heavy (non-hydrogen) atoms. The molecule has 2 aromatic carbocycles. The van der Waals surface area contributed by atoms with Crippen molar-refractivity contribution in [1.29, 1.82) is 0 Å². The van der Waals surface area contributed by atoms with Crippen molar-refractivity contribution in [2.45, 2.75) is 12.6 Å². The summed E-state index contributed by atoms with van der Waals surface area (Å²) in [7, 11) is 0. The van der Waals surface area contributed by atoms with Gasteiger partial charge >= 0.3 is 0 Å². The molecule has 0 saturated carbocycles. The zero-order chi connectivity index (χ0) is 17.2.